The summed E-state index contributed by atoms with van der Waals surface area (Å²) in [7, 11) is 2.76. The summed E-state index contributed by atoms with van der Waals surface area (Å²) < 4.78 is 51.0. The van der Waals surface area contributed by atoms with E-state index in [1.807, 2.05) is 4.90 Å². The second-order valence-corrected chi connectivity index (χ2v) is 17.0. The van der Waals surface area contributed by atoms with E-state index in [9.17, 15) is 24.0 Å². The van der Waals surface area contributed by atoms with Crippen LogP contribution in [0.1, 0.15) is 79.6 Å². The number of nitrogens with one attached hydrogen (secondary N) is 3. The molecule has 4 fully saturated rings. The number of piperazine rings is 1. The van der Waals surface area contributed by atoms with Gasteiger partial charge in [0.2, 0.25) is 23.7 Å². The molecule has 5 heterocycles. The molecule has 1 aliphatic carbocycles. The number of fused-ring (bicyclic) bond motifs is 1. The first-order valence-electron chi connectivity index (χ1n) is 21.7. The summed E-state index contributed by atoms with van der Waals surface area (Å²) in [5.74, 6) is -6.24. The number of aromatic nitrogens is 2. The van der Waals surface area contributed by atoms with Crippen molar-refractivity contribution in [3.8, 4) is 5.75 Å². The first-order valence-corrected chi connectivity index (χ1v) is 21.7. The molecule has 3 aromatic rings. The second kappa shape index (κ2) is 18.4. The number of hydrogen-bond acceptors (Lipinski definition) is 12. The molecule has 4 aliphatic heterocycles. The quantitative estimate of drug-likeness (QED) is 0.235. The molecular formula is C44H53F3N10O6. The van der Waals surface area contributed by atoms with Gasteiger partial charge in [0.15, 0.2) is 5.82 Å². The summed E-state index contributed by atoms with van der Waals surface area (Å²) in [5.41, 5.74) is 1.98. The van der Waals surface area contributed by atoms with Crippen molar-refractivity contribution >= 4 is 58.4 Å². The second-order valence-electron chi connectivity index (χ2n) is 17.0. The van der Waals surface area contributed by atoms with Gasteiger partial charge < -0.3 is 35.0 Å². The minimum Gasteiger partial charge on any atom is -0.495 e. The van der Waals surface area contributed by atoms with Crippen LogP contribution in [0.5, 0.6) is 5.75 Å². The number of hydrogen-bond donors (Lipinski definition) is 3. The molecule has 1 aromatic heterocycles. The number of ether oxygens (including phenoxy) is 1. The molecule has 5 amide bonds. The van der Waals surface area contributed by atoms with Crippen molar-refractivity contribution in [2.75, 3.05) is 86.5 Å². The molecule has 5 aliphatic rings. The molecule has 0 radical (unpaired) electrons. The smallest absolute Gasteiger partial charge is 0.342 e. The van der Waals surface area contributed by atoms with E-state index in [4.69, 9.17) is 4.74 Å². The number of amides is 5. The van der Waals surface area contributed by atoms with E-state index in [0.29, 0.717) is 106 Å². The van der Waals surface area contributed by atoms with Crippen LogP contribution in [0.4, 0.5) is 42.0 Å². The SMILES string of the molecule is COc1cc(C(=O)NC2CCCN(C(=O)CCN3CCN(c4ccc(C5CCC(=O)NC5=O)cc4F)CC3)C2)ccc1Nc1ncc2c(n1)N(C1CCCC1)CC(F)(F)C(=O)N2C. The number of likely N-dealkylation sites (tertiary alicyclic amines) is 1. The molecule has 336 valence electrons. The molecule has 63 heavy (non-hydrogen) atoms. The topological polar surface area (TPSA) is 173 Å². The molecule has 16 nitrogen and oxygen atoms in total. The lowest BCUT2D eigenvalue weighted by molar-refractivity contribution is -0.140. The van der Waals surface area contributed by atoms with Gasteiger partial charge in [0, 0.05) is 83.3 Å². The van der Waals surface area contributed by atoms with Crippen molar-refractivity contribution < 1.29 is 41.9 Å². The number of alkyl halides is 2. The van der Waals surface area contributed by atoms with Gasteiger partial charge in [0.05, 0.1) is 37.1 Å². The Labute approximate surface area is 363 Å². The van der Waals surface area contributed by atoms with Gasteiger partial charge in [-0.25, -0.2) is 9.37 Å². The van der Waals surface area contributed by atoms with Crippen LogP contribution in [-0.4, -0.2) is 134 Å². The predicted molar refractivity (Wildman–Crippen MR) is 228 cm³/mol. The Balaban J connectivity index is 0.828. The molecule has 2 unspecified atom stereocenters. The van der Waals surface area contributed by atoms with E-state index in [2.05, 4.69) is 30.8 Å². The van der Waals surface area contributed by atoms with Crippen molar-refractivity contribution in [2.24, 2.45) is 0 Å². The fourth-order valence-corrected chi connectivity index (χ4v) is 9.38. The monoisotopic (exact) mass is 874 g/mol. The van der Waals surface area contributed by atoms with Crippen molar-refractivity contribution in [3.05, 3.63) is 59.5 Å². The third kappa shape index (κ3) is 9.52. The predicted octanol–water partition coefficient (Wildman–Crippen LogP) is 4.18. The molecule has 1 saturated carbocycles. The first-order chi connectivity index (χ1) is 30.3. The van der Waals surface area contributed by atoms with Crippen LogP contribution >= 0.6 is 0 Å². The average molecular weight is 875 g/mol. The van der Waals surface area contributed by atoms with E-state index in [0.717, 1.165) is 24.2 Å². The van der Waals surface area contributed by atoms with Gasteiger partial charge in [-0.1, -0.05) is 18.9 Å². The highest BCUT2D eigenvalue weighted by Gasteiger charge is 2.49. The summed E-state index contributed by atoms with van der Waals surface area (Å²) in [6.45, 7) is 3.21. The molecule has 2 aromatic carbocycles. The maximum absolute atomic E-state index is 15.2. The van der Waals surface area contributed by atoms with Crippen molar-refractivity contribution in [2.45, 2.75) is 81.7 Å². The number of carbonyl (C=O) groups excluding carboxylic acids is 5. The Kier molecular flexibility index (Phi) is 12.7. The maximum atomic E-state index is 15.2. The molecule has 3 saturated heterocycles. The Hall–Kier alpha value is -5.98. The Bertz CT molecular complexity index is 2250. The van der Waals surface area contributed by atoms with Crippen molar-refractivity contribution in [1.82, 2.24) is 30.4 Å². The molecule has 0 spiro atoms. The Morgan fingerprint density at radius 2 is 1.73 bits per heavy atom. The molecule has 8 rings (SSSR count). The minimum absolute atomic E-state index is 0.00176. The number of methoxy groups -OCH3 is 1. The minimum atomic E-state index is -3.60. The number of nitrogens with zero attached hydrogens (tertiary/aromatic N) is 7. The summed E-state index contributed by atoms with van der Waals surface area (Å²) >= 11 is 0. The Morgan fingerprint density at radius 1 is 0.952 bits per heavy atom. The summed E-state index contributed by atoms with van der Waals surface area (Å²) in [6.07, 6.45) is 6.93. The highest BCUT2D eigenvalue weighted by Crippen LogP contribution is 2.40. The van der Waals surface area contributed by atoms with Gasteiger partial charge in [-0.2, -0.15) is 13.8 Å². The van der Waals surface area contributed by atoms with Gasteiger partial charge in [-0.15, -0.1) is 0 Å². The van der Waals surface area contributed by atoms with Crippen LogP contribution in [-0.2, 0) is 19.2 Å². The van der Waals surface area contributed by atoms with E-state index in [1.54, 1.807) is 35.2 Å². The molecular weight excluding hydrogens is 822 g/mol. The summed E-state index contributed by atoms with van der Waals surface area (Å²) in [6, 6.07) is 9.24. The standard InChI is InChI=1S/C44H53F3N10O6/c1-53-35-24-48-43(52-39(35)57(30-7-3-4-8-30)26-44(46,47)42(53)62)50-33-12-9-28(23-36(33)63-2)40(60)49-29-6-5-16-56(25-29)38(59)15-17-54-18-20-55(21-19-54)34-13-10-27(22-32(34)45)31-11-14-37(58)51-41(31)61/h9-10,12-13,22-24,29-31H,3-8,11,14-21,25-26H2,1-2H3,(H,49,60)(H,48,50,52)(H,51,58,61). The van der Waals surface area contributed by atoms with Gasteiger partial charge >= 0.3 is 5.92 Å². The third-order valence-electron chi connectivity index (χ3n) is 12.9. The van der Waals surface area contributed by atoms with Crippen LogP contribution in [0, 0.1) is 5.82 Å². The highest BCUT2D eigenvalue weighted by molar-refractivity contribution is 6.02. The zero-order valence-corrected chi connectivity index (χ0v) is 35.5. The normalized spacial score (nSPS) is 22.1. The van der Waals surface area contributed by atoms with Crippen molar-refractivity contribution in [3.63, 3.8) is 0 Å². The van der Waals surface area contributed by atoms with Gasteiger partial charge in [0.25, 0.3) is 11.8 Å². The molecule has 3 N–H and O–H groups in total. The Morgan fingerprint density at radius 3 is 2.46 bits per heavy atom. The zero-order valence-electron chi connectivity index (χ0n) is 35.5. The zero-order chi connectivity index (χ0) is 44.4. The number of halogens is 3. The number of benzene rings is 2. The molecule has 2 atom stereocenters. The average Bonchev–Trinajstić information content (AvgIpc) is 3.80. The molecule has 0 bridgehead atoms. The van der Waals surface area contributed by atoms with Crippen LogP contribution in [0.25, 0.3) is 0 Å². The van der Waals surface area contributed by atoms with E-state index in [-0.39, 0.29) is 53.7 Å². The fourth-order valence-electron chi connectivity index (χ4n) is 9.38. The van der Waals surface area contributed by atoms with E-state index < -0.39 is 36.0 Å². The lowest BCUT2D eigenvalue weighted by atomic mass is 9.90. The van der Waals surface area contributed by atoms with Crippen LogP contribution in [0.3, 0.4) is 0 Å². The lowest BCUT2D eigenvalue weighted by Gasteiger charge is -2.37. The summed E-state index contributed by atoms with van der Waals surface area (Å²) in [4.78, 5) is 80.7. The van der Waals surface area contributed by atoms with Crippen LogP contribution in [0.15, 0.2) is 42.6 Å². The van der Waals surface area contributed by atoms with Crippen LogP contribution in [0.2, 0.25) is 0 Å². The van der Waals surface area contributed by atoms with Gasteiger partial charge in [0.1, 0.15) is 17.3 Å². The summed E-state index contributed by atoms with van der Waals surface area (Å²) in [5, 5.41) is 8.49. The van der Waals surface area contributed by atoms with Gasteiger partial charge in [-0.05, 0) is 68.0 Å². The number of imide groups is 1. The first kappa shape index (κ1) is 43.7. The van der Waals surface area contributed by atoms with Crippen molar-refractivity contribution in [1.29, 1.82) is 0 Å². The van der Waals surface area contributed by atoms with Gasteiger partial charge in [-0.3, -0.25) is 34.2 Å². The number of carbonyl (C=O) groups is 5. The third-order valence-corrected chi connectivity index (χ3v) is 12.9. The van der Waals surface area contributed by atoms with E-state index >= 15 is 13.2 Å². The van der Waals surface area contributed by atoms with E-state index in [1.165, 1.54) is 31.3 Å². The number of rotatable bonds is 11. The number of piperidine rings is 2. The fraction of sp³-hybridized carbons (Fsp3) is 0.523. The highest BCUT2D eigenvalue weighted by atomic mass is 19.3. The maximum Gasteiger partial charge on any atom is 0.342 e. The largest absolute Gasteiger partial charge is 0.495 e. The van der Waals surface area contributed by atoms with Crippen LogP contribution < -0.4 is 35.4 Å². The molecule has 19 heteroatoms. The lowest BCUT2D eigenvalue weighted by Crippen LogP contribution is -2.51. The number of anilines is 5.